The molecular weight excluding hydrogens is 280 g/mol. The molecule has 2 N–H and O–H groups in total. The summed E-state index contributed by atoms with van der Waals surface area (Å²) in [7, 11) is 0. The topological polar surface area (TPSA) is 97.4 Å². The molecular formula is C16H12N4S. The fourth-order valence-corrected chi connectivity index (χ4v) is 3.68. The van der Waals surface area contributed by atoms with Crippen LogP contribution in [0.3, 0.4) is 0 Å². The number of hydrogen-bond donors (Lipinski definition) is 1. The molecule has 102 valence electrons. The van der Waals surface area contributed by atoms with Crippen molar-refractivity contribution in [2.45, 2.75) is 18.8 Å². The lowest BCUT2D eigenvalue weighted by Gasteiger charge is -2.32. The summed E-state index contributed by atoms with van der Waals surface area (Å²) < 4.78 is 0. The van der Waals surface area contributed by atoms with E-state index in [0.717, 1.165) is 23.3 Å². The minimum atomic E-state index is -1.49. The van der Waals surface area contributed by atoms with Crippen molar-refractivity contribution in [2.24, 2.45) is 17.1 Å². The molecule has 1 aromatic heterocycles. The van der Waals surface area contributed by atoms with E-state index >= 15 is 0 Å². The molecule has 2 aliphatic rings. The van der Waals surface area contributed by atoms with Crippen molar-refractivity contribution >= 4 is 11.3 Å². The smallest absolute Gasteiger partial charge is 0.194 e. The third kappa shape index (κ3) is 1.85. The summed E-state index contributed by atoms with van der Waals surface area (Å²) in [5.41, 5.74) is 5.97. The van der Waals surface area contributed by atoms with Crippen molar-refractivity contribution in [2.75, 3.05) is 0 Å². The second-order valence-electron chi connectivity index (χ2n) is 5.32. The van der Waals surface area contributed by atoms with Crippen molar-refractivity contribution in [1.82, 2.24) is 0 Å². The third-order valence-corrected chi connectivity index (χ3v) is 5.08. The normalized spacial score (nSPS) is 23.7. The van der Waals surface area contributed by atoms with Gasteiger partial charge in [0.05, 0.1) is 23.4 Å². The van der Waals surface area contributed by atoms with Crippen LogP contribution in [0.1, 0.15) is 23.6 Å². The third-order valence-electron chi connectivity index (χ3n) is 4.13. The van der Waals surface area contributed by atoms with Crippen LogP contribution < -0.4 is 5.73 Å². The van der Waals surface area contributed by atoms with Gasteiger partial charge in [-0.05, 0) is 35.8 Å². The Bertz CT molecular complexity index is 747. The van der Waals surface area contributed by atoms with Crippen LogP contribution >= 0.6 is 11.3 Å². The number of nitriles is 3. The fourth-order valence-electron chi connectivity index (χ4n) is 2.82. The molecule has 1 heterocycles. The highest BCUT2D eigenvalue weighted by Gasteiger charge is 2.49. The molecule has 1 aromatic rings. The van der Waals surface area contributed by atoms with Crippen LogP contribution in [0.5, 0.6) is 0 Å². The summed E-state index contributed by atoms with van der Waals surface area (Å²) >= 11 is 1.50. The summed E-state index contributed by atoms with van der Waals surface area (Å²) in [6.07, 6.45) is 3.99. The van der Waals surface area contributed by atoms with Crippen molar-refractivity contribution in [3.8, 4) is 18.2 Å². The number of nitrogens with two attached hydrogens (primary N) is 1. The Balaban J connectivity index is 2.24. The van der Waals surface area contributed by atoms with E-state index in [0.29, 0.717) is 11.5 Å². The maximum Gasteiger partial charge on any atom is 0.194 e. The lowest BCUT2D eigenvalue weighted by molar-refractivity contribution is 0.530. The molecule has 0 spiro atoms. The molecule has 2 aliphatic carbocycles. The molecule has 1 atom stereocenters. The zero-order valence-corrected chi connectivity index (χ0v) is 12.0. The van der Waals surface area contributed by atoms with E-state index in [1.807, 2.05) is 23.6 Å². The molecule has 1 unspecified atom stereocenters. The predicted molar refractivity (Wildman–Crippen MR) is 78.4 cm³/mol. The highest BCUT2D eigenvalue weighted by molar-refractivity contribution is 7.10. The Hall–Kier alpha value is -2.55. The number of rotatable bonds is 2. The summed E-state index contributed by atoms with van der Waals surface area (Å²) in [5.74, 6) is -0.0590. The molecule has 4 nitrogen and oxygen atoms in total. The Morgan fingerprint density at radius 3 is 2.43 bits per heavy atom. The van der Waals surface area contributed by atoms with Gasteiger partial charge in [0.15, 0.2) is 5.41 Å². The van der Waals surface area contributed by atoms with Gasteiger partial charge in [0.1, 0.15) is 6.07 Å². The van der Waals surface area contributed by atoms with Crippen LogP contribution in [0.4, 0.5) is 0 Å². The zero-order chi connectivity index (χ0) is 15.0. The summed E-state index contributed by atoms with van der Waals surface area (Å²) in [4.78, 5) is 0.927. The van der Waals surface area contributed by atoms with E-state index in [2.05, 4.69) is 18.2 Å². The maximum atomic E-state index is 9.61. The highest BCUT2D eigenvalue weighted by Crippen LogP contribution is 2.52. The molecule has 3 rings (SSSR count). The highest BCUT2D eigenvalue weighted by atomic mass is 32.1. The average molecular weight is 292 g/mol. The van der Waals surface area contributed by atoms with Crippen LogP contribution in [-0.4, -0.2) is 0 Å². The van der Waals surface area contributed by atoms with Gasteiger partial charge < -0.3 is 5.73 Å². The Morgan fingerprint density at radius 1 is 1.24 bits per heavy atom. The van der Waals surface area contributed by atoms with Gasteiger partial charge in [-0.3, -0.25) is 0 Å². The van der Waals surface area contributed by atoms with Gasteiger partial charge in [0, 0.05) is 10.8 Å². The molecule has 5 heteroatoms. The second kappa shape index (κ2) is 4.77. The van der Waals surface area contributed by atoms with Gasteiger partial charge in [0.2, 0.25) is 0 Å². The van der Waals surface area contributed by atoms with E-state index in [1.165, 1.54) is 11.3 Å². The first-order valence-corrected chi connectivity index (χ1v) is 7.54. The van der Waals surface area contributed by atoms with Gasteiger partial charge in [-0.25, -0.2) is 0 Å². The summed E-state index contributed by atoms with van der Waals surface area (Å²) in [6, 6.07) is 10.0. The molecule has 21 heavy (non-hydrogen) atoms. The lowest BCUT2D eigenvalue weighted by atomic mass is 9.67. The van der Waals surface area contributed by atoms with Gasteiger partial charge >= 0.3 is 0 Å². The summed E-state index contributed by atoms with van der Waals surface area (Å²) in [5, 5.41) is 30.5. The second-order valence-corrected chi connectivity index (χ2v) is 6.30. The van der Waals surface area contributed by atoms with E-state index < -0.39 is 11.3 Å². The van der Waals surface area contributed by atoms with E-state index in [-0.39, 0.29) is 5.70 Å². The van der Waals surface area contributed by atoms with Gasteiger partial charge in [-0.2, -0.15) is 15.8 Å². The lowest BCUT2D eigenvalue weighted by Crippen LogP contribution is -2.35. The first-order valence-electron chi connectivity index (χ1n) is 6.66. The molecule has 0 saturated heterocycles. The first kappa shape index (κ1) is 13.4. The van der Waals surface area contributed by atoms with Crippen molar-refractivity contribution < 1.29 is 0 Å². The van der Waals surface area contributed by atoms with Crippen LogP contribution in [-0.2, 0) is 0 Å². The minimum absolute atomic E-state index is 0.109. The molecule has 0 aromatic carbocycles. The first-order chi connectivity index (χ1) is 10.2. The standard InChI is InChI=1S/C16H12N4S/c17-7-12-11(10-3-4-10)6-13(14-2-1-5-21-14)16(8-18,9-19)15(12)20/h1-2,5-6,10,13H,3-4,20H2. The van der Waals surface area contributed by atoms with Gasteiger partial charge in [-0.1, -0.05) is 12.1 Å². The molecule has 0 radical (unpaired) electrons. The van der Waals surface area contributed by atoms with Crippen molar-refractivity contribution in [1.29, 1.82) is 15.8 Å². The zero-order valence-electron chi connectivity index (χ0n) is 11.2. The van der Waals surface area contributed by atoms with Crippen LogP contribution in [0.2, 0.25) is 0 Å². The van der Waals surface area contributed by atoms with Crippen molar-refractivity contribution in [3.63, 3.8) is 0 Å². The van der Waals surface area contributed by atoms with E-state index in [9.17, 15) is 15.8 Å². The minimum Gasteiger partial charge on any atom is -0.399 e. The van der Waals surface area contributed by atoms with Crippen LogP contribution in [0.15, 0.2) is 40.4 Å². The summed E-state index contributed by atoms with van der Waals surface area (Å²) in [6.45, 7) is 0. The largest absolute Gasteiger partial charge is 0.399 e. The number of nitrogens with zero attached hydrogens (tertiary/aromatic N) is 3. The van der Waals surface area contributed by atoms with Crippen LogP contribution in [0.25, 0.3) is 0 Å². The molecule has 1 fully saturated rings. The fraction of sp³-hybridized carbons (Fsp3) is 0.312. The van der Waals surface area contributed by atoms with Gasteiger partial charge in [-0.15, -0.1) is 11.3 Å². The Kier molecular flexibility index (Phi) is 3.05. The Labute approximate surface area is 127 Å². The monoisotopic (exact) mass is 292 g/mol. The molecule has 0 amide bonds. The molecule has 0 aliphatic heterocycles. The number of hydrogen-bond acceptors (Lipinski definition) is 5. The van der Waals surface area contributed by atoms with Crippen LogP contribution in [0, 0.1) is 45.3 Å². The number of allylic oxidation sites excluding steroid dienone is 4. The van der Waals surface area contributed by atoms with E-state index in [4.69, 9.17) is 5.73 Å². The quantitative estimate of drug-likeness (QED) is 0.906. The average Bonchev–Trinajstić information content (AvgIpc) is 3.21. The molecule has 1 saturated carbocycles. The number of thiophene rings is 1. The van der Waals surface area contributed by atoms with E-state index in [1.54, 1.807) is 0 Å². The SMILES string of the molecule is N#CC1=C(N)C(C#N)(C#N)C(c2cccs2)C=C1C1CC1. The predicted octanol–water partition coefficient (Wildman–Crippen LogP) is 2.95. The molecule has 0 bridgehead atoms. The van der Waals surface area contributed by atoms with Crippen molar-refractivity contribution in [3.05, 3.63) is 45.3 Å². The maximum absolute atomic E-state index is 9.61. The Morgan fingerprint density at radius 2 is 1.95 bits per heavy atom. The van der Waals surface area contributed by atoms with Gasteiger partial charge in [0.25, 0.3) is 0 Å².